The zero-order valence-corrected chi connectivity index (χ0v) is 25.9. The van der Waals surface area contributed by atoms with Gasteiger partial charge in [0.1, 0.15) is 18.6 Å². The molecule has 0 bridgehead atoms. The topological polar surface area (TPSA) is 114 Å². The number of hydrogen-bond acceptors (Lipinski definition) is 7. The van der Waals surface area contributed by atoms with Crippen molar-refractivity contribution < 1.29 is 28.7 Å². The first-order chi connectivity index (χ1) is 20.2. The largest absolute Gasteiger partial charge is 0.491 e. The molecule has 1 aliphatic heterocycles. The molecular weight excluding hydrogens is 558 g/mol. The van der Waals surface area contributed by atoms with Crippen molar-refractivity contribution in [3.8, 4) is 5.75 Å². The highest BCUT2D eigenvalue weighted by Gasteiger charge is 2.13. The average Bonchev–Trinajstić information content (AvgIpc) is 3.00. The minimum absolute atomic E-state index is 0.00171. The average molecular weight is 602 g/mol. The Bertz CT molecular complexity index is 1180. The number of rotatable bonds is 14. The summed E-state index contributed by atoms with van der Waals surface area (Å²) in [4.78, 5) is 47.4. The highest BCUT2D eigenvalue weighted by molar-refractivity contribution is 6.32. The van der Waals surface area contributed by atoms with Gasteiger partial charge in [-0.2, -0.15) is 0 Å². The van der Waals surface area contributed by atoms with E-state index in [0.717, 1.165) is 68.7 Å². The predicted molar refractivity (Wildman–Crippen MR) is 164 cm³/mol. The van der Waals surface area contributed by atoms with Crippen LogP contribution in [0.3, 0.4) is 0 Å². The van der Waals surface area contributed by atoms with Gasteiger partial charge in [0.15, 0.2) is 5.78 Å². The Kier molecular flexibility index (Phi) is 15.8. The van der Waals surface area contributed by atoms with Crippen molar-refractivity contribution >= 4 is 35.5 Å². The maximum atomic E-state index is 12.6. The second-order valence-electron chi connectivity index (χ2n) is 10.2. The molecule has 1 atom stereocenters. The molecule has 42 heavy (non-hydrogen) atoms. The zero-order valence-electron chi connectivity index (χ0n) is 25.2. The smallest absolute Gasteiger partial charge is 0.251 e. The number of ketones is 1. The Balaban J connectivity index is 0.000000528. The van der Waals surface area contributed by atoms with E-state index in [2.05, 4.69) is 22.5 Å². The monoisotopic (exact) mass is 601 g/mol. The maximum Gasteiger partial charge on any atom is 0.251 e. The third-order valence-corrected chi connectivity index (χ3v) is 7.19. The Morgan fingerprint density at radius 3 is 2.50 bits per heavy atom. The molecule has 230 valence electrons. The van der Waals surface area contributed by atoms with E-state index in [9.17, 15) is 19.2 Å². The Hall–Kier alpha value is -3.27. The van der Waals surface area contributed by atoms with Crippen LogP contribution in [-0.2, 0) is 27.3 Å². The van der Waals surface area contributed by atoms with E-state index in [-0.39, 0.29) is 23.5 Å². The quantitative estimate of drug-likeness (QED) is 0.242. The van der Waals surface area contributed by atoms with Crippen LogP contribution in [0.15, 0.2) is 36.4 Å². The van der Waals surface area contributed by atoms with Crippen LogP contribution in [0.25, 0.3) is 0 Å². The number of nitrogens with one attached hydrogen (secondary N) is 2. The summed E-state index contributed by atoms with van der Waals surface area (Å²) < 4.78 is 11.1. The van der Waals surface area contributed by atoms with Gasteiger partial charge in [-0.3, -0.25) is 19.3 Å². The number of ether oxygens (including phenoxy) is 2. The molecule has 0 spiro atoms. The second-order valence-corrected chi connectivity index (χ2v) is 10.6. The predicted octanol–water partition coefficient (Wildman–Crippen LogP) is 4.48. The second kappa shape index (κ2) is 19.0. The standard InChI is InChI=1S/C25H31ClN2O4.C7H13NO2/c1-3-4-20-15-19(5-7-22(20)18(2)29)17-27-25(30)21-6-8-24(23(26)16-21)32-14-11-28-9-12-31-13-10-28;1-6(4-3-5-9)7(10)8-2/h5-8,15-16H,3-4,9-14,17H2,1-2H3,(H,27,30);5-6H,3-4H2,1-2H3,(H,8,10). The number of amides is 2. The lowest BCUT2D eigenvalue weighted by molar-refractivity contribution is -0.124. The summed E-state index contributed by atoms with van der Waals surface area (Å²) in [6, 6.07) is 10.8. The summed E-state index contributed by atoms with van der Waals surface area (Å²) in [5, 5.41) is 5.86. The number of aryl methyl sites for hydroxylation is 1. The van der Waals surface area contributed by atoms with Crippen LogP contribution in [0.4, 0.5) is 0 Å². The van der Waals surface area contributed by atoms with Crippen molar-refractivity contribution in [3.05, 3.63) is 63.7 Å². The molecule has 1 saturated heterocycles. The molecule has 1 fully saturated rings. The van der Waals surface area contributed by atoms with Crippen molar-refractivity contribution in [2.45, 2.75) is 53.0 Å². The molecule has 2 aromatic rings. The lowest BCUT2D eigenvalue weighted by atomic mass is 9.98. The summed E-state index contributed by atoms with van der Waals surface area (Å²) >= 11 is 6.34. The molecule has 0 aromatic heterocycles. The van der Waals surface area contributed by atoms with Gasteiger partial charge in [0.2, 0.25) is 5.91 Å². The Labute approximate surface area is 254 Å². The minimum Gasteiger partial charge on any atom is -0.491 e. The first kappa shape index (κ1) is 34.9. The van der Waals surface area contributed by atoms with Gasteiger partial charge in [-0.25, -0.2) is 0 Å². The number of aldehydes is 1. The first-order valence-corrected chi connectivity index (χ1v) is 14.9. The van der Waals surface area contributed by atoms with Gasteiger partial charge in [0.05, 0.1) is 18.2 Å². The molecule has 1 unspecified atom stereocenters. The number of carbonyl (C=O) groups excluding carboxylic acids is 4. The summed E-state index contributed by atoms with van der Waals surface area (Å²) in [5.74, 6) is 0.378. The lowest BCUT2D eigenvalue weighted by Gasteiger charge is -2.26. The molecule has 10 heteroatoms. The summed E-state index contributed by atoms with van der Waals surface area (Å²) in [7, 11) is 1.60. The van der Waals surface area contributed by atoms with Crippen molar-refractivity contribution in [2.75, 3.05) is 46.5 Å². The van der Waals surface area contributed by atoms with E-state index in [1.807, 2.05) is 25.1 Å². The molecule has 2 amide bonds. The van der Waals surface area contributed by atoms with Crippen molar-refractivity contribution in [2.24, 2.45) is 5.92 Å². The SMILES string of the molecule is CCCc1cc(CNC(=O)c2ccc(OCCN3CCOCC3)c(Cl)c2)ccc1C(C)=O.CNC(=O)C(C)CCC=O. The van der Waals surface area contributed by atoms with Crippen LogP contribution < -0.4 is 15.4 Å². The number of benzene rings is 2. The fraction of sp³-hybridized carbons (Fsp3) is 0.500. The molecule has 0 aliphatic carbocycles. The molecule has 9 nitrogen and oxygen atoms in total. The molecule has 0 saturated carbocycles. The minimum atomic E-state index is -0.209. The fourth-order valence-electron chi connectivity index (χ4n) is 4.43. The van der Waals surface area contributed by atoms with Crippen molar-refractivity contribution in [1.29, 1.82) is 0 Å². The van der Waals surface area contributed by atoms with Gasteiger partial charge in [0, 0.05) is 56.7 Å². The third-order valence-electron chi connectivity index (χ3n) is 6.90. The van der Waals surface area contributed by atoms with E-state index in [0.29, 0.717) is 42.3 Å². The van der Waals surface area contributed by atoms with E-state index in [1.165, 1.54) is 0 Å². The normalized spacial score (nSPS) is 13.7. The molecule has 1 aliphatic rings. The van der Waals surface area contributed by atoms with Crippen LogP contribution >= 0.6 is 11.6 Å². The molecule has 2 N–H and O–H groups in total. The van der Waals surface area contributed by atoms with Gasteiger partial charge in [-0.05, 0) is 49.1 Å². The van der Waals surface area contributed by atoms with Gasteiger partial charge in [0.25, 0.3) is 5.91 Å². The number of hydrogen-bond donors (Lipinski definition) is 2. The van der Waals surface area contributed by atoms with E-state index >= 15 is 0 Å². The lowest BCUT2D eigenvalue weighted by Crippen LogP contribution is -2.38. The van der Waals surface area contributed by atoms with Crippen LogP contribution in [0.2, 0.25) is 5.02 Å². The summed E-state index contributed by atoms with van der Waals surface area (Å²) in [6.07, 6.45) is 3.73. The fourth-order valence-corrected chi connectivity index (χ4v) is 4.66. The molecular formula is C32H44ClN3O6. The van der Waals surface area contributed by atoms with Crippen LogP contribution in [0, 0.1) is 5.92 Å². The highest BCUT2D eigenvalue weighted by Crippen LogP contribution is 2.25. The summed E-state index contributed by atoms with van der Waals surface area (Å²) in [5.41, 5.74) is 3.21. The van der Waals surface area contributed by atoms with E-state index in [4.69, 9.17) is 21.1 Å². The maximum absolute atomic E-state index is 12.6. The number of morpholine rings is 1. The molecule has 2 aromatic carbocycles. The zero-order chi connectivity index (χ0) is 30.9. The first-order valence-electron chi connectivity index (χ1n) is 14.5. The highest BCUT2D eigenvalue weighted by atomic mass is 35.5. The van der Waals surface area contributed by atoms with Gasteiger partial charge in [-0.1, -0.05) is 50.1 Å². The molecule has 1 heterocycles. The Morgan fingerprint density at radius 1 is 1.14 bits per heavy atom. The third kappa shape index (κ3) is 11.9. The van der Waals surface area contributed by atoms with Crippen molar-refractivity contribution in [3.63, 3.8) is 0 Å². The number of carbonyl (C=O) groups is 4. The Morgan fingerprint density at radius 2 is 1.88 bits per heavy atom. The van der Waals surface area contributed by atoms with Crippen molar-refractivity contribution in [1.82, 2.24) is 15.5 Å². The van der Waals surface area contributed by atoms with E-state index in [1.54, 1.807) is 32.2 Å². The number of halogens is 1. The van der Waals surface area contributed by atoms with Gasteiger partial charge < -0.3 is 24.9 Å². The number of nitrogens with zero attached hydrogens (tertiary/aromatic N) is 1. The van der Waals surface area contributed by atoms with E-state index < -0.39 is 0 Å². The molecule has 0 radical (unpaired) electrons. The van der Waals surface area contributed by atoms with Gasteiger partial charge >= 0.3 is 0 Å². The van der Waals surface area contributed by atoms with Gasteiger partial charge in [-0.15, -0.1) is 0 Å². The van der Waals surface area contributed by atoms with Crippen LogP contribution in [0.5, 0.6) is 5.75 Å². The molecule has 3 rings (SSSR count). The number of Topliss-reactive ketones (excluding diaryl/α,β-unsaturated/α-hetero) is 1. The van der Waals surface area contributed by atoms with Crippen LogP contribution in [0.1, 0.15) is 71.9 Å². The van der Waals surface area contributed by atoms with Crippen LogP contribution in [-0.4, -0.2) is 75.3 Å². The summed E-state index contributed by atoms with van der Waals surface area (Å²) in [6.45, 7) is 10.5.